The highest BCUT2D eigenvalue weighted by Crippen LogP contribution is 2.38. The van der Waals surface area contributed by atoms with Crippen molar-refractivity contribution >= 4 is 31.6 Å². The van der Waals surface area contributed by atoms with Gasteiger partial charge in [0.1, 0.15) is 24.2 Å². The van der Waals surface area contributed by atoms with Gasteiger partial charge in [0.15, 0.2) is 8.32 Å². The summed E-state index contributed by atoms with van der Waals surface area (Å²) in [7, 11) is -1.95. The number of hydrogen-bond acceptors (Lipinski definition) is 6. The summed E-state index contributed by atoms with van der Waals surface area (Å²) in [5.74, 6) is -0.0849. The lowest BCUT2D eigenvalue weighted by molar-refractivity contribution is -0.114. The number of halogens is 1. The average molecular weight is 432 g/mol. The molecule has 0 bridgehead atoms. The lowest BCUT2D eigenvalue weighted by Crippen LogP contribution is -2.44. The quantitative estimate of drug-likeness (QED) is 0.526. The van der Waals surface area contributed by atoms with Gasteiger partial charge in [-0.25, -0.2) is 4.79 Å². The van der Waals surface area contributed by atoms with Crippen molar-refractivity contribution in [3.05, 3.63) is 22.7 Å². The molecule has 0 radical (unpaired) electrons. The Bertz CT molecular complexity index is 749. The summed E-state index contributed by atoms with van der Waals surface area (Å²) in [6, 6.07) is 1.59. The van der Waals surface area contributed by atoms with Crippen molar-refractivity contribution in [1.82, 2.24) is 9.55 Å². The summed E-state index contributed by atoms with van der Waals surface area (Å²) in [6.45, 7) is 12.6. The zero-order valence-electron chi connectivity index (χ0n) is 17.3. The summed E-state index contributed by atoms with van der Waals surface area (Å²) < 4.78 is 19.4. The zero-order valence-corrected chi connectivity index (χ0v) is 19.1. The first-order chi connectivity index (χ1) is 12.9. The molecular formula is C18H30ClN3O5Si. The SMILES string of the molecule is CC(=O)Nc1ccn([C@H]2C[C@H](OCCl)[C@@H](CO[Si](C)(C)C(C)(C)C)O2)c(=O)n1. The molecule has 0 aromatic carbocycles. The van der Waals surface area contributed by atoms with Crippen LogP contribution in [0.5, 0.6) is 0 Å². The van der Waals surface area contributed by atoms with Gasteiger partial charge in [0, 0.05) is 19.5 Å². The standard InChI is InChI=1S/C18H30ClN3O5Si/c1-12(23)20-15-7-8-22(17(24)21-15)16-9-13(25-11-19)14(27-16)10-26-28(5,6)18(2,3)4/h7-8,13-14,16H,9-11H2,1-6H3,(H,20,21,23,24)/t13-,14+,16+/m0/s1. The van der Waals surface area contributed by atoms with E-state index >= 15 is 0 Å². The first-order valence-electron chi connectivity index (χ1n) is 9.28. The summed E-state index contributed by atoms with van der Waals surface area (Å²) in [4.78, 5) is 27.4. The molecule has 1 fully saturated rings. The minimum atomic E-state index is -1.95. The summed E-state index contributed by atoms with van der Waals surface area (Å²) in [6.07, 6.45) is 0.862. The van der Waals surface area contributed by atoms with Crippen molar-refractivity contribution in [3.63, 3.8) is 0 Å². The van der Waals surface area contributed by atoms with Crippen molar-refractivity contribution in [2.45, 2.75) is 70.7 Å². The van der Waals surface area contributed by atoms with Gasteiger partial charge >= 0.3 is 5.69 Å². The van der Waals surface area contributed by atoms with Crippen LogP contribution in [0.1, 0.15) is 40.3 Å². The highest BCUT2D eigenvalue weighted by atomic mass is 35.5. The van der Waals surface area contributed by atoms with Crippen LogP contribution >= 0.6 is 11.6 Å². The third kappa shape index (κ3) is 5.63. The number of alkyl halides is 1. The van der Waals surface area contributed by atoms with Gasteiger partial charge in [0.05, 0.1) is 12.7 Å². The Kier molecular flexibility index (Phi) is 7.43. The second kappa shape index (κ2) is 9.04. The normalized spacial score (nSPS) is 23.0. The van der Waals surface area contributed by atoms with E-state index in [1.807, 2.05) is 0 Å². The van der Waals surface area contributed by atoms with E-state index < -0.39 is 20.2 Å². The molecule has 158 valence electrons. The van der Waals surface area contributed by atoms with Crippen molar-refractivity contribution in [1.29, 1.82) is 0 Å². The lowest BCUT2D eigenvalue weighted by atomic mass is 10.2. The lowest BCUT2D eigenvalue weighted by Gasteiger charge is -2.37. The minimum Gasteiger partial charge on any atom is -0.414 e. The average Bonchev–Trinajstić information content (AvgIpc) is 2.94. The molecule has 8 nitrogen and oxygen atoms in total. The number of carbonyl (C=O) groups excluding carboxylic acids is 1. The van der Waals surface area contributed by atoms with Crippen molar-refractivity contribution in [2.24, 2.45) is 0 Å². The molecule has 1 aromatic rings. The van der Waals surface area contributed by atoms with Crippen molar-refractivity contribution in [3.8, 4) is 0 Å². The van der Waals surface area contributed by atoms with Crippen molar-refractivity contribution in [2.75, 3.05) is 18.0 Å². The molecule has 0 aliphatic carbocycles. The zero-order chi connectivity index (χ0) is 21.1. The Hall–Kier alpha value is -1.26. The Balaban J connectivity index is 2.12. The molecular weight excluding hydrogens is 402 g/mol. The van der Waals surface area contributed by atoms with E-state index in [-0.39, 0.29) is 35.0 Å². The topological polar surface area (TPSA) is 91.7 Å². The van der Waals surface area contributed by atoms with Crippen LogP contribution in [-0.4, -0.2) is 48.7 Å². The molecule has 1 aliphatic rings. The molecule has 0 spiro atoms. The van der Waals surface area contributed by atoms with Crippen LogP contribution in [0.15, 0.2) is 17.1 Å². The van der Waals surface area contributed by atoms with Crippen LogP contribution in [0.4, 0.5) is 5.82 Å². The molecule has 1 aromatic heterocycles. The van der Waals surface area contributed by atoms with E-state index in [4.69, 9.17) is 25.5 Å². The van der Waals surface area contributed by atoms with Crippen LogP contribution in [0.2, 0.25) is 18.1 Å². The van der Waals surface area contributed by atoms with Crippen molar-refractivity contribution < 1.29 is 18.7 Å². The van der Waals surface area contributed by atoms with Gasteiger partial charge in [-0.3, -0.25) is 9.36 Å². The van der Waals surface area contributed by atoms with E-state index in [9.17, 15) is 9.59 Å². The predicted molar refractivity (Wildman–Crippen MR) is 110 cm³/mol. The fraction of sp³-hybridized carbons (Fsp3) is 0.722. The highest BCUT2D eigenvalue weighted by Gasteiger charge is 2.42. The monoisotopic (exact) mass is 431 g/mol. The fourth-order valence-corrected chi connectivity index (χ4v) is 3.84. The highest BCUT2D eigenvalue weighted by molar-refractivity contribution is 6.74. The molecule has 28 heavy (non-hydrogen) atoms. The second-order valence-corrected chi connectivity index (χ2v) is 13.5. The predicted octanol–water partition coefficient (Wildman–Crippen LogP) is 3.09. The number of rotatable bonds is 7. The third-order valence-corrected chi connectivity index (χ3v) is 9.94. The van der Waals surface area contributed by atoms with E-state index in [1.54, 1.807) is 12.3 Å². The molecule has 3 atom stereocenters. The van der Waals surface area contributed by atoms with Crippen LogP contribution < -0.4 is 11.0 Å². The number of hydrogen-bond donors (Lipinski definition) is 1. The number of anilines is 1. The number of nitrogens with zero attached hydrogens (tertiary/aromatic N) is 2. The largest absolute Gasteiger partial charge is 0.414 e. The first-order valence-corrected chi connectivity index (χ1v) is 12.7. The Labute approximate surface area is 171 Å². The Morgan fingerprint density at radius 1 is 1.46 bits per heavy atom. The van der Waals surface area contributed by atoms with Gasteiger partial charge in [-0.2, -0.15) is 4.98 Å². The molecule has 10 heteroatoms. The van der Waals surface area contributed by atoms with Gasteiger partial charge in [0.2, 0.25) is 5.91 Å². The van der Waals surface area contributed by atoms with E-state index in [0.29, 0.717) is 13.0 Å². The summed E-state index contributed by atoms with van der Waals surface area (Å²) in [5.41, 5.74) is -0.508. The van der Waals surface area contributed by atoms with Gasteiger partial charge < -0.3 is 19.2 Å². The number of ether oxygens (including phenoxy) is 2. The Morgan fingerprint density at radius 2 is 2.14 bits per heavy atom. The summed E-state index contributed by atoms with van der Waals surface area (Å²) in [5, 5.41) is 2.57. The number of aromatic nitrogens is 2. The van der Waals surface area contributed by atoms with Gasteiger partial charge in [-0.1, -0.05) is 32.4 Å². The molecule has 2 heterocycles. The van der Waals surface area contributed by atoms with Crippen LogP contribution in [-0.2, 0) is 18.7 Å². The fourth-order valence-electron chi connectivity index (χ4n) is 2.67. The van der Waals surface area contributed by atoms with Crippen LogP contribution in [0, 0.1) is 0 Å². The summed E-state index contributed by atoms with van der Waals surface area (Å²) >= 11 is 5.77. The molecule has 0 unspecified atom stereocenters. The third-order valence-electron chi connectivity index (χ3n) is 5.32. The molecule has 1 saturated heterocycles. The van der Waals surface area contributed by atoms with Gasteiger partial charge in [-0.15, -0.1) is 0 Å². The molecule has 1 aliphatic heterocycles. The van der Waals surface area contributed by atoms with Gasteiger partial charge in [0.25, 0.3) is 0 Å². The van der Waals surface area contributed by atoms with E-state index in [2.05, 4.69) is 44.2 Å². The molecule has 1 N–H and O–H groups in total. The molecule has 1 amide bonds. The number of nitrogens with one attached hydrogen (secondary N) is 1. The molecule has 2 rings (SSSR count). The number of amides is 1. The maximum Gasteiger partial charge on any atom is 0.351 e. The number of carbonyl (C=O) groups is 1. The minimum absolute atomic E-state index is 0.0337. The van der Waals surface area contributed by atoms with E-state index in [0.717, 1.165) is 0 Å². The molecule has 0 saturated carbocycles. The van der Waals surface area contributed by atoms with Gasteiger partial charge in [-0.05, 0) is 24.2 Å². The maximum atomic E-state index is 12.4. The second-order valence-electron chi connectivity index (χ2n) is 8.43. The maximum absolute atomic E-state index is 12.4. The smallest absolute Gasteiger partial charge is 0.351 e. The first kappa shape index (κ1) is 23.0. The Morgan fingerprint density at radius 3 is 2.68 bits per heavy atom. The van der Waals surface area contributed by atoms with Crippen LogP contribution in [0.3, 0.4) is 0 Å². The van der Waals surface area contributed by atoms with Crippen LogP contribution in [0.25, 0.3) is 0 Å². The van der Waals surface area contributed by atoms with E-state index in [1.165, 1.54) is 11.5 Å².